The number of carbonyl (C=O) groups is 1. The lowest BCUT2D eigenvalue weighted by molar-refractivity contribution is -0.120. The average molecular weight is 397 g/mol. The van der Waals surface area contributed by atoms with Crippen molar-refractivity contribution in [3.8, 4) is 0 Å². The fraction of sp³-hybridized carbons (Fsp3) is 0.400. The Balaban J connectivity index is 2.32. The van der Waals surface area contributed by atoms with E-state index < -0.39 is 0 Å². The van der Waals surface area contributed by atoms with E-state index in [1.54, 1.807) is 28.3 Å². The Morgan fingerprint density at radius 3 is 2.24 bits per heavy atom. The Hall–Kier alpha value is -2.75. The Morgan fingerprint density at radius 1 is 1.10 bits per heavy atom. The first-order valence-electron chi connectivity index (χ1n) is 9.90. The Labute approximate surface area is 174 Å². The van der Waals surface area contributed by atoms with Gasteiger partial charge in [-0.05, 0) is 55.0 Å². The highest BCUT2D eigenvalue weighted by molar-refractivity contribution is 5.86. The number of ketones is 1. The highest BCUT2D eigenvalue weighted by Gasteiger charge is 2.33. The van der Waals surface area contributed by atoms with Crippen molar-refractivity contribution in [1.29, 1.82) is 0 Å². The summed E-state index contributed by atoms with van der Waals surface area (Å²) in [4.78, 5) is 12.3. The zero-order valence-corrected chi connectivity index (χ0v) is 18.4. The average Bonchev–Trinajstić information content (AvgIpc) is 3.19. The standard InChI is InChI=1S/C25H32O4/c1-8-19-9-11-20(12-10-19)21-14-22(23(15-21)17(3)26)16(2)13-24(28-6)25(29-7)18(4)27-5/h9-13,15,22-23H,2,8,14H2,1,3-7H3/b24-13+,25-18-/t22-,23?/m0/s1. The molecule has 1 aromatic rings. The number of methoxy groups -OCH3 is 3. The van der Waals surface area contributed by atoms with E-state index in [4.69, 9.17) is 14.2 Å². The second kappa shape index (κ2) is 10.1. The second-order valence-corrected chi connectivity index (χ2v) is 7.27. The topological polar surface area (TPSA) is 44.8 Å². The van der Waals surface area contributed by atoms with E-state index in [0.717, 1.165) is 24.0 Å². The summed E-state index contributed by atoms with van der Waals surface area (Å²) in [6, 6.07) is 8.56. The minimum atomic E-state index is -0.198. The molecule has 0 bridgehead atoms. The van der Waals surface area contributed by atoms with Gasteiger partial charge in [0.1, 0.15) is 11.5 Å². The number of carbonyl (C=O) groups excluding carboxylic acids is 1. The van der Waals surface area contributed by atoms with Crippen molar-refractivity contribution in [2.24, 2.45) is 11.8 Å². The normalized spacial score (nSPS) is 19.9. The molecule has 29 heavy (non-hydrogen) atoms. The lowest BCUT2D eigenvalue weighted by atomic mass is 9.85. The number of rotatable bonds is 9. The molecule has 0 amide bonds. The first-order valence-corrected chi connectivity index (χ1v) is 9.90. The van der Waals surface area contributed by atoms with E-state index in [1.165, 1.54) is 11.1 Å². The maximum atomic E-state index is 12.3. The third-order valence-electron chi connectivity index (χ3n) is 5.52. The summed E-state index contributed by atoms with van der Waals surface area (Å²) < 4.78 is 16.3. The van der Waals surface area contributed by atoms with Crippen molar-refractivity contribution in [3.05, 3.63) is 77.0 Å². The molecule has 0 aliphatic heterocycles. The molecule has 0 saturated carbocycles. The van der Waals surface area contributed by atoms with Crippen LogP contribution in [-0.2, 0) is 25.4 Å². The van der Waals surface area contributed by atoms with Crippen molar-refractivity contribution in [1.82, 2.24) is 0 Å². The number of hydrogen-bond acceptors (Lipinski definition) is 4. The Kier molecular flexibility index (Phi) is 7.89. The van der Waals surface area contributed by atoms with Gasteiger partial charge in [-0.1, -0.05) is 43.8 Å². The molecule has 1 aliphatic carbocycles. The first kappa shape index (κ1) is 22.5. The molecule has 0 N–H and O–H groups in total. The van der Waals surface area contributed by atoms with Crippen molar-refractivity contribution < 1.29 is 19.0 Å². The van der Waals surface area contributed by atoms with Crippen LogP contribution in [0.3, 0.4) is 0 Å². The van der Waals surface area contributed by atoms with E-state index >= 15 is 0 Å². The molecule has 0 heterocycles. The molecule has 156 valence electrons. The molecule has 2 atom stereocenters. The van der Waals surface area contributed by atoms with Crippen LogP contribution in [0.2, 0.25) is 0 Å². The van der Waals surface area contributed by atoms with Gasteiger partial charge in [0.05, 0.1) is 21.3 Å². The van der Waals surface area contributed by atoms with Gasteiger partial charge in [0.15, 0.2) is 11.5 Å². The second-order valence-electron chi connectivity index (χ2n) is 7.27. The summed E-state index contributed by atoms with van der Waals surface area (Å²) in [5, 5.41) is 0. The maximum Gasteiger partial charge on any atom is 0.198 e. The highest BCUT2D eigenvalue weighted by Crippen LogP contribution is 2.41. The van der Waals surface area contributed by atoms with Crippen LogP contribution < -0.4 is 0 Å². The molecule has 0 fully saturated rings. The summed E-state index contributed by atoms with van der Waals surface area (Å²) in [6.45, 7) is 9.84. The molecule has 0 radical (unpaired) electrons. The lowest BCUT2D eigenvalue weighted by Gasteiger charge is -2.19. The van der Waals surface area contributed by atoms with E-state index in [2.05, 4.69) is 43.8 Å². The quantitative estimate of drug-likeness (QED) is 0.410. The fourth-order valence-corrected chi connectivity index (χ4v) is 3.70. The highest BCUT2D eigenvalue weighted by atomic mass is 16.5. The molecular formula is C25H32O4. The van der Waals surface area contributed by atoms with E-state index in [9.17, 15) is 4.79 Å². The molecule has 4 nitrogen and oxygen atoms in total. The number of benzene rings is 1. The Morgan fingerprint density at radius 2 is 1.76 bits per heavy atom. The van der Waals surface area contributed by atoms with Crippen LogP contribution in [0.25, 0.3) is 5.57 Å². The van der Waals surface area contributed by atoms with Gasteiger partial charge in [-0.25, -0.2) is 0 Å². The fourth-order valence-electron chi connectivity index (χ4n) is 3.70. The third-order valence-corrected chi connectivity index (χ3v) is 5.52. The lowest BCUT2D eigenvalue weighted by Crippen LogP contribution is -2.17. The van der Waals surface area contributed by atoms with Crippen LogP contribution in [0.1, 0.15) is 38.3 Å². The number of hydrogen-bond donors (Lipinski definition) is 0. The van der Waals surface area contributed by atoms with Crippen molar-refractivity contribution in [2.45, 2.75) is 33.6 Å². The van der Waals surface area contributed by atoms with Crippen LogP contribution in [0, 0.1) is 11.8 Å². The van der Waals surface area contributed by atoms with Crippen molar-refractivity contribution in [3.63, 3.8) is 0 Å². The minimum Gasteiger partial charge on any atom is -0.497 e. The van der Waals surface area contributed by atoms with Crippen LogP contribution in [0.4, 0.5) is 0 Å². The van der Waals surface area contributed by atoms with Crippen LogP contribution >= 0.6 is 0 Å². The summed E-state index contributed by atoms with van der Waals surface area (Å²) in [7, 11) is 4.73. The molecule has 2 rings (SSSR count). The van der Waals surface area contributed by atoms with Gasteiger partial charge < -0.3 is 14.2 Å². The zero-order chi connectivity index (χ0) is 21.6. The minimum absolute atomic E-state index is 0.0144. The number of allylic oxidation sites excluding steroid dienone is 5. The summed E-state index contributed by atoms with van der Waals surface area (Å²) >= 11 is 0. The molecule has 1 aromatic carbocycles. The van der Waals surface area contributed by atoms with Crippen LogP contribution in [-0.4, -0.2) is 27.1 Å². The molecule has 1 unspecified atom stereocenters. The monoisotopic (exact) mass is 396 g/mol. The number of aryl methyl sites for hydroxylation is 1. The third kappa shape index (κ3) is 5.20. The summed E-state index contributed by atoms with van der Waals surface area (Å²) in [6.07, 6.45) is 5.71. The molecular weight excluding hydrogens is 364 g/mol. The molecule has 1 aliphatic rings. The number of ether oxygens (including phenoxy) is 3. The van der Waals surface area contributed by atoms with Crippen LogP contribution in [0.15, 0.2) is 65.8 Å². The smallest absolute Gasteiger partial charge is 0.198 e. The van der Waals surface area contributed by atoms with Gasteiger partial charge in [-0.2, -0.15) is 0 Å². The zero-order valence-electron chi connectivity index (χ0n) is 18.4. The Bertz CT molecular complexity index is 840. The first-order chi connectivity index (χ1) is 13.9. The molecule has 0 spiro atoms. The summed E-state index contributed by atoms with van der Waals surface area (Å²) in [5.41, 5.74) is 4.47. The van der Waals surface area contributed by atoms with Gasteiger partial charge in [-0.15, -0.1) is 0 Å². The van der Waals surface area contributed by atoms with Gasteiger partial charge in [0.2, 0.25) is 0 Å². The predicted octanol–water partition coefficient (Wildman–Crippen LogP) is 5.47. The van der Waals surface area contributed by atoms with Crippen molar-refractivity contribution >= 4 is 11.4 Å². The van der Waals surface area contributed by atoms with Gasteiger partial charge in [0, 0.05) is 11.8 Å². The molecule has 4 heteroatoms. The van der Waals surface area contributed by atoms with E-state index in [1.807, 2.05) is 13.0 Å². The van der Waals surface area contributed by atoms with Crippen molar-refractivity contribution in [2.75, 3.05) is 21.3 Å². The number of Topliss-reactive ketones (excluding diaryl/α,β-unsaturated/α-hetero) is 1. The van der Waals surface area contributed by atoms with E-state index in [-0.39, 0.29) is 17.6 Å². The van der Waals surface area contributed by atoms with Gasteiger partial charge in [0.25, 0.3) is 0 Å². The van der Waals surface area contributed by atoms with Gasteiger partial charge >= 0.3 is 0 Å². The largest absolute Gasteiger partial charge is 0.497 e. The summed E-state index contributed by atoms with van der Waals surface area (Å²) in [5.74, 6) is 1.57. The predicted molar refractivity (Wildman–Crippen MR) is 117 cm³/mol. The van der Waals surface area contributed by atoms with Crippen LogP contribution in [0.5, 0.6) is 0 Å². The van der Waals surface area contributed by atoms with Gasteiger partial charge in [-0.3, -0.25) is 4.79 Å². The SMILES string of the molecule is C=C(/C=C(OC)\C(OC)=C(/C)OC)[C@@H]1CC(c2ccc(CC)cc2)=CC1C(C)=O. The molecule has 0 aromatic heterocycles. The van der Waals surface area contributed by atoms with E-state index in [0.29, 0.717) is 17.3 Å². The molecule has 0 saturated heterocycles. The maximum absolute atomic E-state index is 12.3.